The minimum absolute atomic E-state index is 0.0706. The van der Waals surface area contributed by atoms with Gasteiger partial charge in [-0.3, -0.25) is 4.79 Å². The number of hydrogen-bond acceptors (Lipinski definition) is 6. The molecule has 0 atom stereocenters. The molecule has 0 amide bonds. The summed E-state index contributed by atoms with van der Waals surface area (Å²) in [6, 6.07) is 10.8. The van der Waals surface area contributed by atoms with Crippen molar-refractivity contribution in [3.8, 4) is 11.5 Å². The number of benzene rings is 2. The van der Waals surface area contributed by atoms with E-state index in [0.29, 0.717) is 46.7 Å². The van der Waals surface area contributed by atoms with Crippen molar-refractivity contribution >= 4 is 21.9 Å². The molecule has 2 aromatic carbocycles. The Bertz CT molecular complexity index is 934. The molecular weight excluding hydrogens is 368 g/mol. The number of rotatable bonds is 10. The normalized spacial score (nSPS) is 11.7. The van der Waals surface area contributed by atoms with Crippen molar-refractivity contribution in [2.45, 2.75) is 12.8 Å². The van der Waals surface area contributed by atoms with Gasteiger partial charge in [0, 0.05) is 13.1 Å². The zero-order valence-electron chi connectivity index (χ0n) is 17.7. The van der Waals surface area contributed by atoms with E-state index in [1.807, 2.05) is 40.3 Å². The summed E-state index contributed by atoms with van der Waals surface area (Å²) >= 11 is 0. The van der Waals surface area contributed by atoms with Crippen LogP contribution in [0, 0.1) is 0 Å². The smallest absolute Gasteiger partial charge is 0.200 e. The van der Waals surface area contributed by atoms with Crippen LogP contribution in [0.15, 0.2) is 45.6 Å². The lowest BCUT2D eigenvalue weighted by atomic mass is 10.1. The average Bonchev–Trinajstić information content (AvgIpc) is 2.69. The Morgan fingerprint density at radius 1 is 0.759 bits per heavy atom. The van der Waals surface area contributed by atoms with Gasteiger partial charge >= 0.3 is 0 Å². The van der Waals surface area contributed by atoms with Crippen LogP contribution in [-0.2, 0) is 0 Å². The van der Waals surface area contributed by atoms with Crippen molar-refractivity contribution in [1.29, 1.82) is 0 Å². The van der Waals surface area contributed by atoms with E-state index in [1.54, 1.807) is 24.3 Å². The fourth-order valence-corrected chi connectivity index (χ4v) is 3.14. The Morgan fingerprint density at radius 3 is 1.62 bits per heavy atom. The van der Waals surface area contributed by atoms with Crippen LogP contribution in [0.1, 0.15) is 12.8 Å². The highest BCUT2D eigenvalue weighted by Gasteiger charge is 2.10. The van der Waals surface area contributed by atoms with Crippen molar-refractivity contribution < 1.29 is 13.9 Å². The lowest BCUT2D eigenvalue weighted by Crippen LogP contribution is -2.15. The summed E-state index contributed by atoms with van der Waals surface area (Å²) in [5.74, 6) is 1.36. The summed E-state index contributed by atoms with van der Waals surface area (Å²) in [6.45, 7) is 3.12. The Morgan fingerprint density at radius 2 is 1.21 bits per heavy atom. The number of fused-ring (bicyclic) bond motifs is 2. The summed E-state index contributed by atoms with van der Waals surface area (Å²) in [5.41, 5.74) is 1.05. The number of hydrogen-bond donors (Lipinski definition) is 0. The van der Waals surface area contributed by atoms with Crippen LogP contribution in [0.2, 0.25) is 0 Å². The Kier molecular flexibility index (Phi) is 7.12. The quantitative estimate of drug-likeness (QED) is 0.384. The molecule has 0 saturated carbocycles. The summed E-state index contributed by atoms with van der Waals surface area (Å²) in [6.07, 6.45) is 1.85. The first-order chi connectivity index (χ1) is 13.9. The van der Waals surface area contributed by atoms with E-state index in [1.165, 1.54) is 0 Å². The van der Waals surface area contributed by atoms with Crippen molar-refractivity contribution in [2.24, 2.45) is 0 Å². The van der Waals surface area contributed by atoms with E-state index in [-0.39, 0.29) is 5.43 Å². The lowest BCUT2D eigenvalue weighted by Gasteiger charge is -2.11. The largest absolute Gasteiger partial charge is 0.494 e. The standard InChI is InChI=1S/C23H30N2O4/c1-24(2)11-5-13-27-17-7-9-21-19(15-17)23(26)20-16-18(8-10-22(20)29-21)28-14-6-12-25(3)4/h7-10,15-16H,5-6,11-14H2,1-4H3. The highest BCUT2D eigenvalue weighted by Crippen LogP contribution is 2.25. The predicted molar refractivity (Wildman–Crippen MR) is 117 cm³/mol. The van der Waals surface area contributed by atoms with Crippen molar-refractivity contribution in [1.82, 2.24) is 9.80 Å². The monoisotopic (exact) mass is 398 g/mol. The molecule has 0 bridgehead atoms. The van der Waals surface area contributed by atoms with E-state index in [4.69, 9.17) is 13.9 Å². The molecule has 0 aliphatic heterocycles. The molecule has 0 aliphatic carbocycles. The Balaban J connectivity index is 1.79. The fraction of sp³-hybridized carbons (Fsp3) is 0.435. The molecule has 0 unspecified atom stereocenters. The van der Waals surface area contributed by atoms with E-state index < -0.39 is 0 Å². The van der Waals surface area contributed by atoms with E-state index >= 15 is 0 Å². The van der Waals surface area contributed by atoms with Crippen LogP contribution >= 0.6 is 0 Å². The molecule has 0 N–H and O–H groups in total. The molecule has 29 heavy (non-hydrogen) atoms. The maximum Gasteiger partial charge on any atom is 0.200 e. The highest BCUT2D eigenvalue weighted by atomic mass is 16.5. The maximum atomic E-state index is 13.0. The van der Waals surface area contributed by atoms with Gasteiger partial charge in [-0.15, -0.1) is 0 Å². The molecule has 3 rings (SSSR count). The van der Waals surface area contributed by atoms with Gasteiger partial charge in [-0.2, -0.15) is 0 Å². The highest BCUT2D eigenvalue weighted by molar-refractivity contribution is 5.90. The van der Waals surface area contributed by atoms with Gasteiger partial charge in [-0.1, -0.05) is 0 Å². The molecule has 0 aliphatic rings. The molecule has 1 aromatic heterocycles. The lowest BCUT2D eigenvalue weighted by molar-refractivity contribution is 0.282. The summed E-state index contributed by atoms with van der Waals surface area (Å²) in [7, 11) is 8.14. The van der Waals surface area contributed by atoms with Gasteiger partial charge in [-0.25, -0.2) is 0 Å². The third-order valence-electron chi connectivity index (χ3n) is 4.65. The minimum atomic E-state index is -0.0706. The maximum absolute atomic E-state index is 13.0. The molecule has 0 spiro atoms. The van der Waals surface area contributed by atoms with Crippen molar-refractivity contribution in [3.05, 3.63) is 46.6 Å². The predicted octanol–water partition coefficient (Wildman–Crippen LogP) is 3.61. The van der Waals surface area contributed by atoms with E-state index in [2.05, 4.69) is 9.80 Å². The van der Waals surface area contributed by atoms with E-state index in [0.717, 1.165) is 25.9 Å². The van der Waals surface area contributed by atoms with Gasteiger partial charge < -0.3 is 23.7 Å². The molecule has 6 heteroatoms. The van der Waals surface area contributed by atoms with Crippen LogP contribution in [0.5, 0.6) is 11.5 Å². The van der Waals surface area contributed by atoms with E-state index in [9.17, 15) is 4.79 Å². The van der Waals surface area contributed by atoms with Crippen molar-refractivity contribution in [3.63, 3.8) is 0 Å². The molecule has 0 fully saturated rings. The molecule has 3 aromatic rings. The van der Waals surface area contributed by atoms with Crippen LogP contribution < -0.4 is 14.9 Å². The van der Waals surface area contributed by atoms with Gasteiger partial charge in [0.05, 0.1) is 24.0 Å². The van der Waals surface area contributed by atoms with Crippen LogP contribution in [0.25, 0.3) is 21.9 Å². The van der Waals surface area contributed by atoms with Gasteiger partial charge in [-0.05, 0) is 77.4 Å². The molecule has 0 saturated heterocycles. The topological polar surface area (TPSA) is 55.2 Å². The fourth-order valence-electron chi connectivity index (χ4n) is 3.14. The molecule has 6 nitrogen and oxygen atoms in total. The second kappa shape index (κ2) is 9.76. The number of ether oxygens (including phenoxy) is 2. The first kappa shape index (κ1) is 21.1. The third kappa shape index (κ3) is 5.71. The zero-order chi connectivity index (χ0) is 20.8. The van der Waals surface area contributed by atoms with Gasteiger partial charge in [0.2, 0.25) is 5.43 Å². The molecule has 0 radical (unpaired) electrons. The summed E-state index contributed by atoms with van der Waals surface area (Å²) in [5, 5.41) is 1.04. The zero-order valence-corrected chi connectivity index (χ0v) is 17.7. The third-order valence-corrected chi connectivity index (χ3v) is 4.65. The van der Waals surface area contributed by atoms with Gasteiger partial charge in [0.15, 0.2) is 0 Å². The average molecular weight is 399 g/mol. The van der Waals surface area contributed by atoms with Gasteiger partial charge in [0.25, 0.3) is 0 Å². The van der Waals surface area contributed by atoms with Crippen LogP contribution in [0.4, 0.5) is 0 Å². The second-order valence-electron chi connectivity index (χ2n) is 7.76. The SMILES string of the molecule is CN(C)CCCOc1ccc2oc3ccc(OCCCN(C)C)cc3c(=O)c2c1. The second-order valence-corrected chi connectivity index (χ2v) is 7.76. The van der Waals surface area contributed by atoms with Gasteiger partial charge in [0.1, 0.15) is 22.7 Å². The van der Waals surface area contributed by atoms with Crippen LogP contribution in [-0.4, -0.2) is 64.3 Å². The Hall–Kier alpha value is -2.57. The van der Waals surface area contributed by atoms with Crippen LogP contribution in [0.3, 0.4) is 0 Å². The molecule has 156 valence electrons. The Labute approximate surface area is 171 Å². The molecule has 1 heterocycles. The summed E-state index contributed by atoms with van der Waals surface area (Å²) in [4.78, 5) is 17.3. The van der Waals surface area contributed by atoms with Crippen molar-refractivity contribution in [2.75, 3.05) is 54.5 Å². The first-order valence-corrected chi connectivity index (χ1v) is 10.00. The first-order valence-electron chi connectivity index (χ1n) is 10.00. The minimum Gasteiger partial charge on any atom is -0.494 e. The number of nitrogens with zero attached hydrogens (tertiary/aromatic N) is 2. The molecular formula is C23H30N2O4. The summed E-state index contributed by atoms with van der Waals surface area (Å²) < 4.78 is 17.5.